The van der Waals surface area contributed by atoms with Gasteiger partial charge in [0.2, 0.25) is 5.91 Å². The van der Waals surface area contributed by atoms with Crippen LogP contribution in [0.3, 0.4) is 0 Å². The number of amides is 4. The second-order valence-electron chi connectivity index (χ2n) is 9.79. The van der Waals surface area contributed by atoms with Crippen molar-refractivity contribution in [2.75, 3.05) is 33.4 Å². The number of likely N-dealkylation sites (tertiary alicyclic amines) is 1. The van der Waals surface area contributed by atoms with Crippen molar-refractivity contribution in [2.45, 2.75) is 44.6 Å². The molecule has 2 aliphatic heterocycles. The van der Waals surface area contributed by atoms with Crippen LogP contribution in [0.5, 0.6) is 0 Å². The minimum atomic E-state index is -1.13. The van der Waals surface area contributed by atoms with Gasteiger partial charge in [0.1, 0.15) is 11.4 Å². The van der Waals surface area contributed by atoms with E-state index in [9.17, 15) is 18.8 Å². The van der Waals surface area contributed by atoms with Crippen LogP contribution < -0.4 is 5.32 Å². The minimum Gasteiger partial charge on any atom is -0.383 e. The first-order chi connectivity index (χ1) is 17.3. The second kappa shape index (κ2) is 11.2. The summed E-state index contributed by atoms with van der Waals surface area (Å²) in [6.07, 6.45) is 2.60. The van der Waals surface area contributed by atoms with Crippen molar-refractivity contribution in [1.29, 1.82) is 0 Å². The molecule has 0 bridgehead atoms. The van der Waals surface area contributed by atoms with Crippen LogP contribution in [0, 0.1) is 18.7 Å². The first-order valence-electron chi connectivity index (χ1n) is 12.5. The Labute approximate surface area is 211 Å². The molecular formula is C28H34FN3O4. The quantitative estimate of drug-likeness (QED) is 0.541. The number of aryl methyl sites for hydroxylation is 2. The number of hydrogen-bond donors (Lipinski definition) is 1. The number of ether oxygens (including phenoxy) is 1. The lowest BCUT2D eigenvalue weighted by Gasteiger charge is -2.41. The van der Waals surface area contributed by atoms with E-state index in [1.165, 1.54) is 29.7 Å². The van der Waals surface area contributed by atoms with E-state index >= 15 is 0 Å². The fraction of sp³-hybridized carbons (Fsp3) is 0.464. The molecule has 1 atom stereocenters. The van der Waals surface area contributed by atoms with Crippen molar-refractivity contribution >= 4 is 17.8 Å². The summed E-state index contributed by atoms with van der Waals surface area (Å²) in [5.74, 6) is -0.676. The van der Waals surface area contributed by atoms with Crippen LogP contribution in [0.1, 0.15) is 36.0 Å². The van der Waals surface area contributed by atoms with Gasteiger partial charge in [-0.15, -0.1) is 0 Å². The summed E-state index contributed by atoms with van der Waals surface area (Å²) in [5.41, 5.74) is 1.98. The van der Waals surface area contributed by atoms with Crippen LogP contribution in [0.15, 0.2) is 48.5 Å². The molecule has 2 aromatic carbocycles. The molecule has 0 spiro atoms. The maximum Gasteiger partial charge on any atom is 0.325 e. The zero-order chi connectivity index (χ0) is 25.7. The van der Waals surface area contributed by atoms with Crippen LogP contribution >= 0.6 is 0 Å². The Bertz CT molecular complexity index is 1080. The summed E-state index contributed by atoms with van der Waals surface area (Å²) >= 11 is 0. The maximum absolute atomic E-state index is 13.6. The summed E-state index contributed by atoms with van der Waals surface area (Å²) in [4.78, 5) is 42.4. The zero-order valence-electron chi connectivity index (χ0n) is 21.0. The number of methoxy groups -OCH3 is 1. The van der Waals surface area contributed by atoms with Crippen LogP contribution in [0.2, 0.25) is 0 Å². The van der Waals surface area contributed by atoms with Crippen LogP contribution in [-0.4, -0.2) is 66.5 Å². The molecule has 4 rings (SSSR count). The fourth-order valence-corrected chi connectivity index (χ4v) is 5.28. The Morgan fingerprint density at radius 1 is 1.06 bits per heavy atom. The van der Waals surface area contributed by atoms with Crippen molar-refractivity contribution in [3.8, 4) is 0 Å². The number of urea groups is 1. The Morgan fingerprint density at radius 2 is 1.69 bits per heavy atom. The van der Waals surface area contributed by atoms with E-state index in [0.29, 0.717) is 38.8 Å². The molecule has 1 N–H and O–H groups in total. The number of benzene rings is 2. The number of carbonyl (C=O) groups is 3. The number of piperidine rings is 1. The molecule has 8 heteroatoms. The monoisotopic (exact) mass is 495 g/mol. The van der Waals surface area contributed by atoms with E-state index in [-0.39, 0.29) is 43.1 Å². The molecule has 7 nitrogen and oxygen atoms in total. The molecule has 4 amide bonds. The van der Waals surface area contributed by atoms with Gasteiger partial charge in [-0.3, -0.25) is 14.5 Å². The van der Waals surface area contributed by atoms with Crippen molar-refractivity contribution in [2.24, 2.45) is 5.92 Å². The molecule has 2 aromatic rings. The third kappa shape index (κ3) is 5.59. The number of nitrogens with one attached hydrogen (secondary N) is 1. The van der Waals surface area contributed by atoms with Crippen LogP contribution in [-0.2, 0) is 27.2 Å². The Morgan fingerprint density at radius 3 is 2.33 bits per heavy atom. The Kier molecular flexibility index (Phi) is 8.04. The molecule has 0 unspecified atom stereocenters. The van der Waals surface area contributed by atoms with Crippen molar-refractivity contribution in [3.63, 3.8) is 0 Å². The maximum atomic E-state index is 13.6. The van der Waals surface area contributed by atoms with E-state index in [1.807, 2.05) is 11.8 Å². The lowest BCUT2D eigenvalue weighted by Crippen LogP contribution is -2.58. The van der Waals surface area contributed by atoms with Crippen LogP contribution in [0.4, 0.5) is 9.18 Å². The summed E-state index contributed by atoms with van der Waals surface area (Å²) < 4.78 is 18.6. The third-order valence-corrected chi connectivity index (χ3v) is 7.41. The van der Waals surface area contributed by atoms with Gasteiger partial charge in [0, 0.05) is 33.0 Å². The largest absolute Gasteiger partial charge is 0.383 e. The van der Waals surface area contributed by atoms with Gasteiger partial charge in [0.15, 0.2) is 0 Å². The highest BCUT2D eigenvalue weighted by molar-refractivity contribution is 6.07. The molecule has 2 aliphatic rings. The van der Waals surface area contributed by atoms with Gasteiger partial charge in [-0.25, -0.2) is 9.18 Å². The first kappa shape index (κ1) is 25.8. The van der Waals surface area contributed by atoms with Crippen molar-refractivity contribution in [3.05, 3.63) is 71.0 Å². The number of carbonyl (C=O) groups excluding carboxylic acids is 3. The van der Waals surface area contributed by atoms with Crippen molar-refractivity contribution < 1.29 is 23.5 Å². The molecule has 0 radical (unpaired) electrons. The lowest BCUT2D eigenvalue weighted by atomic mass is 9.74. The van der Waals surface area contributed by atoms with Gasteiger partial charge in [-0.05, 0) is 55.4 Å². The first-order valence-corrected chi connectivity index (χ1v) is 12.5. The summed E-state index contributed by atoms with van der Waals surface area (Å²) in [5, 5.41) is 2.99. The normalized spacial score (nSPS) is 20.6. The average molecular weight is 496 g/mol. The van der Waals surface area contributed by atoms with E-state index in [0.717, 1.165) is 11.1 Å². The molecule has 36 heavy (non-hydrogen) atoms. The van der Waals surface area contributed by atoms with E-state index in [2.05, 4.69) is 29.6 Å². The number of hydrogen-bond acceptors (Lipinski definition) is 4. The molecule has 2 fully saturated rings. The smallest absolute Gasteiger partial charge is 0.325 e. The van der Waals surface area contributed by atoms with Gasteiger partial charge in [-0.1, -0.05) is 42.0 Å². The van der Waals surface area contributed by atoms with Gasteiger partial charge in [0.25, 0.3) is 5.91 Å². The van der Waals surface area contributed by atoms with Gasteiger partial charge < -0.3 is 15.0 Å². The standard InChI is InChI=1S/C28H34FN3O4/c1-20-3-5-21(6-4-20)9-12-25(33)31-15-13-23(14-16-31)28(19-22-7-10-24(29)11-8-22)26(34)32(17-18-36-2)27(35)30-28/h3-8,10-11,23H,9,12-19H2,1-2H3,(H,30,35)/t28-/m1/s1. The molecule has 0 aromatic heterocycles. The predicted molar refractivity (Wildman–Crippen MR) is 134 cm³/mol. The van der Waals surface area contributed by atoms with Gasteiger partial charge in [0.05, 0.1) is 13.2 Å². The number of nitrogens with zero attached hydrogens (tertiary/aromatic N) is 2. The fourth-order valence-electron chi connectivity index (χ4n) is 5.28. The van der Waals surface area contributed by atoms with Gasteiger partial charge >= 0.3 is 6.03 Å². The number of rotatable bonds is 9. The van der Waals surface area contributed by atoms with Gasteiger partial charge in [-0.2, -0.15) is 0 Å². The predicted octanol–water partition coefficient (Wildman–Crippen LogP) is 3.49. The molecule has 2 saturated heterocycles. The lowest BCUT2D eigenvalue weighted by molar-refractivity contribution is -0.136. The molecule has 0 saturated carbocycles. The zero-order valence-corrected chi connectivity index (χ0v) is 21.0. The van der Waals surface area contributed by atoms with E-state index in [1.54, 1.807) is 12.1 Å². The SMILES string of the molecule is COCCN1C(=O)N[C@](Cc2ccc(F)cc2)(C2CCN(C(=O)CCc3ccc(C)cc3)CC2)C1=O. The second-order valence-corrected chi connectivity index (χ2v) is 9.79. The highest BCUT2D eigenvalue weighted by atomic mass is 19.1. The summed E-state index contributed by atoms with van der Waals surface area (Å²) in [6.45, 7) is 3.52. The summed E-state index contributed by atoms with van der Waals surface area (Å²) in [7, 11) is 1.52. The average Bonchev–Trinajstić information content (AvgIpc) is 3.13. The van der Waals surface area contributed by atoms with E-state index in [4.69, 9.17) is 4.74 Å². The number of halogens is 1. The topological polar surface area (TPSA) is 79.0 Å². The highest BCUT2D eigenvalue weighted by Gasteiger charge is 2.55. The van der Waals surface area contributed by atoms with E-state index < -0.39 is 11.6 Å². The Balaban J connectivity index is 1.45. The minimum absolute atomic E-state index is 0.102. The third-order valence-electron chi connectivity index (χ3n) is 7.41. The highest BCUT2D eigenvalue weighted by Crippen LogP contribution is 2.36. The summed E-state index contributed by atoms with van der Waals surface area (Å²) in [6, 6.07) is 13.8. The molecular weight excluding hydrogens is 461 g/mol. The molecule has 0 aliphatic carbocycles. The molecule has 2 heterocycles. The molecule has 192 valence electrons. The van der Waals surface area contributed by atoms with Crippen LogP contribution in [0.25, 0.3) is 0 Å². The van der Waals surface area contributed by atoms with Crippen molar-refractivity contribution in [1.82, 2.24) is 15.1 Å². The number of imide groups is 1. The Hall–Kier alpha value is -3.26.